The summed E-state index contributed by atoms with van der Waals surface area (Å²) in [6.07, 6.45) is 0. The zero-order chi connectivity index (χ0) is 11.5. The molecular weight excluding hydrogens is 228 g/mol. The van der Waals surface area contributed by atoms with Crippen LogP contribution in [0.5, 0.6) is 0 Å². The minimum atomic E-state index is -0.906. The molecule has 0 aromatic carbocycles. The Morgan fingerprint density at radius 1 is 1.69 bits per heavy atom. The van der Waals surface area contributed by atoms with Gasteiger partial charge in [0.2, 0.25) is 5.91 Å². The fourth-order valence-electron chi connectivity index (χ4n) is 1.81. The summed E-state index contributed by atoms with van der Waals surface area (Å²) in [4.78, 5) is 25.0. The number of aliphatic carboxylic acids is 1. The highest BCUT2D eigenvalue weighted by molar-refractivity contribution is 7.10. The number of hydrogen-bond acceptors (Lipinski definition) is 4. The monoisotopic (exact) mass is 240 g/mol. The van der Waals surface area contributed by atoms with Gasteiger partial charge in [0.05, 0.1) is 6.54 Å². The van der Waals surface area contributed by atoms with Gasteiger partial charge < -0.3 is 10.4 Å². The van der Waals surface area contributed by atoms with Crippen LogP contribution in [0.15, 0.2) is 17.5 Å². The van der Waals surface area contributed by atoms with E-state index in [0.29, 0.717) is 13.1 Å². The Kier molecular flexibility index (Phi) is 3.21. The molecule has 1 unspecified atom stereocenters. The van der Waals surface area contributed by atoms with Crippen molar-refractivity contribution < 1.29 is 14.7 Å². The number of nitrogens with zero attached hydrogens (tertiary/aromatic N) is 1. The van der Waals surface area contributed by atoms with Crippen LogP contribution in [-0.2, 0) is 9.59 Å². The van der Waals surface area contributed by atoms with E-state index in [9.17, 15) is 9.59 Å². The minimum absolute atomic E-state index is 0.101. The fraction of sp³-hybridized carbons (Fsp3) is 0.400. The van der Waals surface area contributed by atoms with Gasteiger partial charge in [0, 0.05) is 18.0 Å². The lowest BCUT2D eigenvalue weighted by molar-refractivity contribution is -0.141. The van der Waals surface area contributed by atoms with Crippen molar-refractivity contribution in [3.05, 3.63) is 22.4 Å². The summed E-state index contributed by atoms with van der Waals surface area (Å²) in [5, 5.41) is 13.4. The van der Waals surface area contributed by atoms with Gasteiger partial charge in [-0.3, -0.25) is 14.5 Å². The lowest BCUT2D eigenvalue weighted by Crippen LogP contribution is -2.51. The molecular formula is C10H12N2O3S. The van der Waals surface area contributed by atoms with Crippen molar-refractivity contribution >= 4 is 23.2 Å². The van der Waals surface area contributed by atoms with E-state index in [0.717, 1.165) is 4.88 Å². The van der Waals surface area contributed by atoms with Crippen molar-refractivity contribution in [2.75, 3.05) is 19.6 Å². The number of rotatable bonds is 3. The number of carboxylic acid groups (broad SMARTS) is 1. The normalized spacial score (nSPS) is 21.8. The van der Waals surface area contributed by atoms with E-state index in [4.69, 9.17) is 5.11 Å². The topological polar surface area (TPSA) is 69.6 Å². The molecule has 6 heteroatoms. The van der Waals surface area contributed by atoms with Crippen LogP contribution in [0.1, 0.15) is 10.9 Å². The summed E-state index contributed by atoms with van der Waals surface area (Å²) in [6.45, 7) is 0.977. The van der Waals surface area contributed by atoms with Crippen molar-refractivity contribution in [1.82, 2.24) is 10.2 Å². The first-order chi connectivity index (χ1) is 7.68. The van der Waals surface area contributed by atoms with Crippen LogP contribution in [0.3, 0.4) is 0 Å². The van der Waals surface area contributed by atoms with Crippen molar-refractivity contribution in [2.45, 2.75) is 6.04 Å². The van der Waals surface area contributed by atoms with Gasteiger partial charge in [-0.25, -0.2) is 0 Å². The zero-order valence-corrected chi connectivity index (χ0v) is 9.37. The van der Waals surface area contributed by atoms with Crippen LogP contribution >= 0.6 is 11.3 Å². The lowest BCUT2D eigenvalue weighted by atomic mass is 10.1. The molecule has 0 aliphatic carbocycles. The van der Waals surface area contributed by atoms with Crippen LogP contribution in [0.4, 0.5) is 0 Å². The van der Waals surface area contributed by atoms with Crippen molar-refractivity contribution in [1.29, 1.82) is 0 Å². The Morgan fingerprint density at radius 2 is 2.50 bits per heavy atom. The second-order valence-corrected chi connectivity index (χ2v) is 4.55. The van der Waals surface area contributed by atoms with Gasteiger partial charge in [0.1, 0.15) is 6.04 Å². The molecule has 1 aromatic heterocycles. The Labute approximate surface area is 96.7 Å². The molecule has 1 aliphatic rings. The van der Waals surface area contributed by atoms with E-state index in [2.05, 4.69) is 5.32 Å². The summed E-state index contributed by atoms with van der Waals surface area (Å²) in [6, 6.07) is 3.26. The Bertz CT molecular complexity index is 391. The maximum absolute atomic E-state index is 11.7. The zero-order valence-electron chi connectivity index (χ0n) is 8.55. The van der Waals surface area contributed by atoms with E-state index >= 15 is 0 Å². The summed E-state index contributed by atoms with van der Waals surface area (Å²) in [7, 11) is 0. The lowest BCUT2D eigenvalue weighted by Gasteiger charge is -2.33. The summed E-state index contributed by atoms with van der Waals surface area (Å²) >= 11 is 1.47. The molecule has 1 aliphatic heterocycles. The summed E-state index contributed by atoms with van der Waals surface area (Å²) in [5.74, 6) is -1.02. The number of amides is 1. The molecule has 5 nitrogen and oxygen atoms in total. The minimum Gasteiger partial charge on any atom is -0.480 e. The third kappa shape index (κ3) is 2.23. The molecule has 1 fully saturated rings. The van der Waals surface area contributed by atoms with E-state index in [1.54, 1.807) is 4.90 Å². The molecule has 0 radical (unpaired) electrons. The molecule has 2 heterocycles. The second kappa shape index (κ2) is 4.63. The van der Waals surface area contributed by atoms with Gasteiger partial charge in [-0.2, -0.15) is 0 Å². The van der Waals surface area contributed by atoms with Gasteiger partial charge >= 0.3 is 5.97 Å². The first kappa shape index (κ1) is 11.1. The predicted octanol–water partition coefficient (Wildman–Crippen LogP) is 0.306. The smallest absolute Gasteiger partial charge is 0.317 e. The van der Waals surface area contributed by atoms with E-state index < -0.39 is 12.0 Å². The number of hydrogen-bond donors (Lipinski definition) is 2. The third-order valence-electron chi connectivity index (χ3n) is 2.46. The molecule has 16 heavy (non-hydrogen) atoms. The highest BCUT2D eigenvalue weighted by Crippen LogP contribution is 2.26. The van der Waals surface area contributed by atoms with Gasteiger partial charge in [-0.15, -0.1) is 11.3 Å². The maximum atomic E-state index is 11.7. The van der Waals surface area contributed by atoms with Gasteiger partial charge in [-0.1, -0.05) is 6.07 Å². The van der Waals surface area contributed by atoms with E-state index in [1.165, 1.54) is 11.3 Å². The average Bonchev–Trinajstić information content (AvgIpc) is 2.69. The first-order valence-electron chi connectivity index (χ1n) is 4.95. The van der Waals surface area contributed by atoms with Gasteiger partial charge in [-0.05, 0) is 11.4 Å². The van der Waals surface area contributed by atoms with E-state index in [-0.39, 0.29) is 12.5 Å². The molecule has 2 rings (SSSR count). The highest BCUT2D eigenvalue weighted by Gasteiger charge is 2.32. The molecule has 0 saturated carbocycles. The van der Waals surface area contributed by atoms with Crippen LogP contribution in [-0.4, -0.2) is 41.5 Å². The summed E-state index contributed by atoms with van der Waals surface area (Å²) < 4.78 is 0. The van der Waals surface area contributed by atoms with Crippen LogP contribution in [0.25, 0.3) is 0 Å². The number of carboxylic acids is 1. The van der Waals surface area contributed by atoms with Crippen LogP contribution < -0.4 is 5.32 Å². The number of piperazine rings is 1. The quantitative estimate of drug-likeness (QED) is 0.797. The number of carbonyl (C=O) groups excluding carboxylic acids is 1. The van der Waals surface area contributed by atoms with Gasteiger partial charge in [0.25, 0.3) is 0 Å². The molecule has 2 N–H and O–H groups in total. The molecule has 0 spiro atoms. The maximum Gasteiger partial charge on any atom is 0.317 e. The average molecular weight is 240 g/mol. The Morgan fingerprint density at radius 3 is 3.12 bits per heavy atom. The first-order valence-corrected chi connectivity index (χ1v) is 5.83. The Hall–Kier alpha value is -1.40. The van der Waals surface area contributed by atoms with Crippen molar-refractivity contribution in [2.24, 2.45) is 0 Å². The Balaban J connectivity index is 2.21. The van der Waals surface area contributed by atoms with Crippen LogP contribution in [0.2, 0.25) is 0 Å². The second-order valence-electron chi connectivity index (χ2n) is 3.57. The molecule has 1 atom stereocenters. The SMILES string of the molecule is O=C(O)CN1CCNC(=O)C1c1cccs1. The standard InChI is InChI=1S/C10H12N2O3S/c13-8(14)6-12-4-3-11-10(15)9(12)7-2-1-5-16-7/h1-2,5,9H,3-4,6H2,(H,11,15)(H,13,14). The molecule has 1 aromatic rings. The molecule has 1 saturated heterocycles. The highest BCUT2D eigenvalue weighted by atomic mass is 32.1. The number of nitrogens with one attached hydrogen (secondary N) is 1. The molecule has 0 bridgehead atoms. The predicted molar refractivity (Wildman–Crippen MR) is 59.3 cm³/mol. The fourth-order valence-corrected chi connectivity index (χ4v) is 2.67. The molecule has 1 amide bonds. The number of carbonyl (C=O) groups is 2. The largest absolute Gasteiger partial charge is 0.480 e. The van der Waals surface area contributed by atoms with Crippen molar-refractivity contribution in [3.8, 4) is 0 Å². The summed E-state index contributed by atoms with van der Waals surface area (Å²) in [5.41, 5.74) is 0. The van der Waals surface area contributed by atoms with Crippen LogP contribution in [0, 0.1) is 0 Å². The van der Waals surface area contributed by atoms with Crippen molar-refractivity contribution in [3.63, 3.8) is 0 Å². The third-order valence-corrected chi connectivity index (χ3v) is 3.39. The van der Waals surface area contributed by atoms with E-state index in [1.807, 2.05) is 17.5 Å². The number of thiophene rings is 1. The van der Waals surface area contributed by atoms with Gasteiger partial charge in [0.15, 0.2) is 0 Å². The molecule has 86 valence electrons.